The molecule has 0 unspecified atom stereocenters. The Morgan fingerprint density at radius 3 is 2.70 bits per heavy atom. The highest BCUT2D eigenvalue weighted by Crippen LogP contribution is 2.20. The maximum Gasteiger partial charge on any atom is 0.408 e. The first-order valence-electron chi connectivity index (χ1n) is 7.03. The number of alkyl carbamates (subject to hydrolysis) is 1. The minimum Gasteiger partial charge on any atom is -0.425 e. The van der Waals surface area contributed by atoms with Gasteiger partial charge in [0, 0.05) is 19.6 Å². The van der Waals surface area contributed by atoms with Gasteiger partial charge in [-0.2, -0.15) is 0 Å². The second kappa shape index (κ2) is 7.48. The number of nitrogens with one attached hydrogen (secondary N) is 1. The Labute approximate surface area is 119 Å². The third kappa shape index (κ3) is 4.37. The highest BCUT2D eigenvalue weighted by molar-refractivity contribution is 5.68. The predicted molar refractivity (Wildman–Crippen MR) is 73.4 cm³/mol. The molecule has 0 aromatic rings. The van der Waals surface area contributed by atoms with Gasteiger partial charge in [-0.1, -0.05) is 5.92 Å². The van der Waals surface area contributed by atoms with Crippen LogP contribution in [-0.4, -0.2) is 69.2 Å². The molecular formula is C14H22N2O4. The van der Waals surface area contributed by atoms with Gasteiger partial charge in [-0.15, -0.1) is 5.92 Å². The van der Waals surface area contributed by atoms with E-state index in [1.54, 1.807) is 6.92 Å². The molecule has 1 amide bonds. The Bertz CT molecular complexity index is 378. The lowest BCUT2D eigenvalue weighted by Crippen LogP contribution is -2.53. The number of carbonyl (C=O) groups excluding carboxylic acids is 1. The van der Waals surface area contributed by atoms with Gasteiger partial charge >= 0.3 is 6.09 Å². The quantitative estimate of drug-likeness (QED) is 0.578. The molecule has 2 aliphatic heterocycles. The number of hydrogen-bond acceptors (Lipinski definition) is 5. The Kier molecular flexibility index (Phi) is 5.65. The first-order valence-corrected chi connectivity index (χ1v) is 7.03. The van der Waals surface area contributed by atoms with Gasteiger partial charge < -0.3 is 19.5 Å². The minimum atomic E-state index is -0.733. The zero-order valence-electron chi connectivity index (χ0n) is 11.9. The highest BCUT2D eigenvalue weighted by Gasteiger charge is 2.41. The molecule has 0 aliphatic carbocycles. The topological polar surface area (TPSA) is 60.0 Å². The third-order valence-corrected chi connectivity index (χ3v) is 3.34. The fourth-order valence-corrected chi connectivity index (χ4v) is 2.20. The molecule has 0 saturated carbocycles. The van der Waals surface area contributed by atoms with Gasteiger partial charge in [-0.3, -0.25) is 4.90 Å². The number of nitrogens with zero attached hydrogens (tertiary/aromatic N) is 1. The van der Waals surface area contributed by atoms with Gasteiger partial charge in [0.1, 0.15) is 13.2 Å². The van der Waals surface area contributed by atoms with Crippen molar-refractivity contribution < 1.29 is 19.0 Å². The summed E-state index contributed by atoms with van der Waals surface area (Å²) in [5, 5.41) is 2.76. The van der Waals surface area contributed by atoms with E-state index in [1.807, 2.05) is 0 Å². The zero-order chi connectivity index (χ0) is 14.3. The monoisotopic (exact) mass is 282 g/mol. The SMILES string of the molecule is CC#CC1(OC(=O)NCCCN2CCOCC2)COC1. The molecule has 6 nitrogen and oxygen atoms in total. The number of morpholine rings is 1. The van der Waals surface area contributed by atoms with Crippen LogP contribution < -0.4 is 5.32 Å². The third-order valence-electron chi connectivity index (χ3n) is 3.34. The molecule has 2 rings (SSSR count). The van der Waals surface area contributed by atoms with Gasteiger partial charge in [0.15, 0.2) is 0 Å². The average molecular weight is 282 g/mol. The van der Waals surface area contributed by atoms with E-state index in [1.165, 1.54) is 0 Å². The summed E-state index contributed by atoms with van der Waals surface area (Å²) >= 11 is 0. The van der Waals surface area contributed by atoms with Crippen molar-refractivity contribution in [3.63, 3.8) is 0 Å². The standard InChI is InChI=1S/C14H22N2O4/c1-2-4-14(11-19-12-14)20-13(17)15-5-3-6-16-7-9-18-10-8-16/h3,5-12H2,1H3,(H,15,17). The second-order valence-electron chi connectivity index (χ2n) is 4.99. The van der Waals surface area contributed by atoms with Crippen LogP contribution in [0.1, 0.15) is 13.3 Å². The number of carbonyl (C=O) groups is 1. The van der Waals surface area contributed by atoms with Crippen molar-refractivity contribution in [2.24, 2.45) is 0 Å². The number of hydrogen-bond donors (Lipinski definition) is 1. The van der Waals surface area contributed by atoms with E-state index >= 15 is 0 Å². The van der Waals surface area contributed by atoms with E-state index in [-0.39, 0.29) is 0 Å². The molecule has 112 valence electrons. The smallest absolute Gasteiger partial charge is 0.408 e. The van der Waals surface area contributed by atoms with Crippen LogP contribution in [0.3, 0.4) is 0 Å². The molecule has 0 atom stereocenters. The summed E-state index contributed by atoms with van der Waals surface area (Å²) in [4.78, 5) is 14.0. The highest BCUT2D eigenvalue weighted by atomic mass is 16.6. The lowest BCUT2D eigenvalue weighted by molar-refractivity contribution is -0.142. The van der Waals surface area contributed by atoms with E-state index in [0.717, 1.165) is 39.3 Å². The first kappa shape index (κ1) is 15.1. The lowest BCUT2D eigenvalue weighted by atomic mass is 10.0. The van der Waals surface area contributed by atoms with Crippen molar-refractivity contribution >= 4 is 6.09 Å². The number of amides is 1. The molecule has 0 aromatic carbocycles. The molecule has 2 saturated heterocycles. The first-order chi connectivity index (χ1) is 9.74. The molecule has 2 fully saturated rings. The van der Waals surface area contributed by atoms with Crippen molar-refractivity contribution in [1.29, 1.82) is 0 Å². The predicted octanol–water partition coefficient (Wildman–Crippen LogP) is 0.227. The normalized spacial score (nSPS) is 21.2. The van der Waals surface area contributed by atoms with Gasteiger partial charge in [-0.25, -0.2) is 4.79 Å². The maximum absolute atomic E-state index is 11.7. The van der Waals surface area contributed by atoms with Crippen LogP contribution in [0.25, 0.3) is 0 Å². The molecule has 1 N–H and O–H groups in total. The van der Waals surface area contributed by atoms with Crippen LogP contribution in [0.2, 0.25) is 0 Å². The summed E-state index contributed by atoms with van der Waals surface area (Å²) in [6.07, 6.45) is 0.482. The Morgan fingerprint density at radius 1 is 1.35 bits per heavy atom. The lowest BCUT2D eigenvalue weighted by Gasteiger charge is -2.35. The fraction of sp³-hybridized carbons (Fsp3) is 0.786. The Hall–Kier alpha value is -1.29. The summed E-state index contributed by atoms with van der Waals surface area (Å²) < 4.78 is 15.7. The van der Waals surface area contributed by atoms with Crippen LogP contribution in [-0.2, 0) is 14.2 Å². The van der Waals surface area contributed by atoms with Crippen molar-refractivity contribution in [3.05, 3.63) is 0 Å². The van der Waals surface area contributed by atoms with Crippen LogP contribution in [0, 0.1) is 11.8 Å². The van der Waals surface area contributed by atoms with Crippen LogP contribution >= 0.6 is 0 Å². The van der Waals surface area contributed by atoms with E-state index in [0.29, 0.717) is 19.8 Å². The molecule has 0 bridgehead atoms. The second-order valence-corrected chi connectivity index (χ2v) is 4.99. The molecule has 0 spiro atoms. The number of rotatable bonds is 5. The zero-order valence-corrected chi connectivity index (χ0v) is 11.9. The van der Waals surface area contributed by atoms with Crippen molar-refractivity contribution in [3.8, 4) is 11.8 Å². The van der Waals surface area contributed by atoms with Gasteiger partial charge in [0.25, 0.3) is 0 Å². The van der Waals surface area contributed by atoms with Crippen molar-refractivity contribution in [2.75, 3.05) is 52.6 Å². The maximum atomic E-state index is 11.7. The number of ether oxygens (including phenoxy) is 3. The summed E-state index contributed by atoms with van der Waals surface area (Å²) in [5.41, 5.74) is -0.733. The fourth-order valence-electron chi connectivity index (χ4n) is 2.20. The summed E-state index contributed by atoms with van der Waals surface area (Å²) in [7, 11) is 0. The van der Waals surface area contributed by atoms with E-state index in [4.69, 9.17) is 14.2 Å². The molecule has 0 radical (unpaired) electrons. The van der Waals surface area contributed by atoms with Crippen LogP contribution in [0.5, 0.6) is 0 Å². The largest absolute Gasteiger partial charge is 0.425 e. The molecule has 2 aliphatic rings. The molecule has 2 heterocycles. The summed E-state index contributed by atoms with van der Waals surface area (Å²) in [6.45, 7) is 7.54. The molecule has 20 heavy (non-hydrogen) atoms. The van der Waals surface area contributed by atoms with Gasteiger partial charge in [0.2, 0.25) is 5.60 Å². The van der Waals surface area contributed by atoms with Gasteiger partial charge in [0.05, 0.1) is 13.2 Å². The van der Waals surface area contributed by atoms with E-state index in [2.05, 4.69) is 22.1 Å². The average Bonchev–Trinajstić information content (AvgIpc) is 2.42. The molecule has 0 aromatic heterocycles. The summed E-state index contributed by atoms with van der Waals surface area (Å²) in [6, 6.07) is 0. The summed E-state index contributed by atoms with van der Waals surface area (Å²) in [5.74, 6) is 5.66. The van der Waals surface area contributed by atoms with Crippen LogP contribution in [0.15, 0.2) is 0 Å². The minimum absolute atomic E-state index is 0.356. The Morgan fingerprint density at radius 2 is 2.10 bits per heavy atom. The molecular weight excluding hydrogens is 260 g/mol. The van der Waals surface area contributed by atoms with Crippen LogP contribution in [0.4, 0.5) is 4.79 Å². The van der Waals surface area contributed by atoms with E-state index < -0.39 is 11.7 Å². The van der Waals surface area contributed by atoms with Gasteiger partial charge in [-0.05, 0) is 19.9 Å². The molecule has 6 heteroatoms. The van der Waals surface area contributed by atoms with Crippen molar-refractivity contribution in [2.45, 2.75) is 18.9 Å². The van der Waals surface area contributed by atoms with E-state index in [9.17, 15) is 4.79 Å². The van der Waals surface area contributed by atoms with Crippen molar-refractivity contribution in [1.82, 2.24) is 10.2 Å². The Balaban J connectivity index is 1.58.